The quantitative estimate of drug-likeness (QED) is 0.149. The largest absolute Gasteiger partial charge is 0.493 e. The van der Waals surface area contributed by atoms with Crippen LogP contribution in [0.3, 0.4) is 0 Å². The molecule has 312 valence electrons. The molecule has 0 saturated carbocycles. The van der Waals surface area contributed by atoms with Gasteiger partial charge in [-0.3, -0.25) is 0 Å². The Kier molecular flexibility index (Phi) is 10.7. The zero-order valence-electron chi connectivity index (χ0n) is 37.0. The number of anilines is 4. The molecule has 8 aromatic rings. The zero-order valence-corrected chi connectivity index (χ0v) is 39.3. The van der Waals surface area contributed by atoms with Crippen molar-refractivity contribution in [3.63, 3.8) is 0 Å². The molecule has 9 rings (SSSR count). The van der Waals surface area contributed by atoms with Crippen LogP contribution < -0.4 is 9.80 Å². The summed E-state index contributed by atoms with van der Waals surface area (Å²) in [5, 5.41) is 2.35. The first-order valence-electron chi connectivity index (χ1n) is 21.2. The van der Waals surface area contributed by atoms with E-state index in [1.807, 2.05) is 6.20 Å². The summed E-state index contributed by atoms with van der Waals surface area (Å²) in [6.07, 6.45) is 1.95. The fourth-order valence-corrected chi connectivity index (χ4v) is 8.68. The first-order valence-corrected chi connectivity index (χ1v) is 21.2. The van der Waals surface area contributed by atoms with Gasteiger partial charge in [0.1, 0.15) is 5.82 Å². The van der Waals surface area contributed by atoms with Crippen LogP contribution in [0.15, 0.2) is 146 Å². The van der Waals surface area contributed by atoms with Crippen LogP contribution in [0.4, 0.5) is 22.7 Å². The molecule has 0 N–H and O–H groups in total. The molecule has 4 nitrogen and oxygen atoms in total. The fraction of sp³-hybridized carbons (Fsp3) is 0.250. The van der Waals surface area contributed by atoms with Gasteiger partial charge in [0, 0.05) is 55.3 Å². The summed E-state index contributed by atoms with van der Waals surface area (Å²) in [7, 11) is 0. The number of rotatable bonds is 7. The maximum Gasteiger partial charge on any atom is 0.135 e. The molecule has 0 bridgehead atoms. The summed E-state index contributed by atoms with van der Waals surface area (Å²) < 4.78 is 2.30. The second-order valence-corrected chi connectivity index (χ2v) is 19.6. The van der Waals surface area contributed by atoms with Gasteiger partial charge in [0.25, 0.3) is 0 Å². The second-order valence-electron chi connectivity index (χ2n) is 19.6. The van der Waals surface area contributed by atoms with E-state index in [0.717, 1.165) is 56.1 Å². The van der Waals surface area contributed by atoms with E-state index in [2.05, 4.69) is 242 Å². The van der Waals surface area contributed by atoms with E-state index in [1.54, 1.807) is 0 Å². The van der Waals surface area contributed by atoms with E-state index in [4.69, 9.17) is 4.98 Å². The van der Waals surface area contributed by atoms with Crippen molar-refractivity contribution in [2.75, 3.05) is 9.80 Å². The molecule has 0 saturated heterocycles. The van der Waals surface area contributed by atoms with Gasteiger partial charge in [0.2, 0.25) is 0 Å². The van der Waals surface area contributed by atoms with Crippen molar-refractivity contribution in [3.05, 3.63) is 198 Å². The summed E-state index contributed by atoms with van der Waals surface area (Å²) in [5.74, 6) is 0.887. The molecule has 2 aromatic heterocycles. The van der Waals surface area contributed by atoms with Crippen molar-refractivity contribution >= 4 is 44.6 Å². The molecule has 0 amide bonds. The Morgan fingerprint density at radius 3 is 1.82 bits per heavy atom. The monoisotopic (exact) mass is 978 g/mol. The van der Waals surface area contributed by atoms with E-state index in [-0.39, 0.29) is 37.3 Å². The van der Waals surface area contributed by atoms with E-state index in [0.29, 0.717) is 0 Å². The molecule has 0 unspecified atom stereocenters. The number of hydrogen-bond donors (Lipinski definition) is 0. The first kappa shape index (κ1) is 42.3. The number of benzene rings is 6. The van der Waals surface area contributed by atoms with Gasteiger partial charge in [0.15, 0.2) is 0 Å². The maximum absolute atomic E-state index is 5.02. The summed E-state index contributed by atoms with van der Waals surface area (Å²) in [5.41, 5.74) is 13.2. The van der Waals surface area contributed by atoms with E-state index < -0.39 is 5.41 Å². The molecule has 6 aromatic carbocycles. The van der Waals surface area contributed by atoms with Crippen molar-refractivity contribution in [2.45, 2.75) is 90.9 Å². The summed E-state index contributed by atoms with van der Waals surface area (Å²) in [6.45, 7) is 25.1. The topological polar surface area (TPSA) is 24.3 Å². The Balaban J connectivity index is 0.00000514. The smallest absolute Gasteiger partial charge is 0.135 e. The first-order chi connectivity index (χ1) is 28.5. The Bertz CT molecular complexity index is 2870. The Morgan fingerprint density at radius 2 is 1.13 bits per heavy atom. The standard InChI is InChI=1S/C56H55N4.Pt/c1-53(2,3)38-24-27-44(28-25-38)58-37-59(50-23-17-16-22-49(50)58)45-33-42(54(4,5)6)32-43(34-45)56(9,10)40-26-29-47-46-20-14-15-21-48(46)60(51(47)35-40)52-36-41(30-31-57-52)55(7,8)39-18-12-11-13-19-39;/h11-33,36-37H,1-10H3;/q-3;. The summed E-state index contributed by atoms with van der Waals surface area (Å²) in [6, 6.07) is 58.6. The van der Waals surface area contributed by atoms with Gasteiger partial charge < -0.3 is 14.4 Å². The van der Waals surface area contributed by atoms with Crippen molar-refractivity contribution in [1.29, 1.82) is 0 Å². The Morgan fingerprint density at radius 1 is 0.492 bits per heavy atom. The zero-order chi connectivity index (χ0) is 42.2. The molecular weight excluding hydrogens is 924 g/mol. The Hall–Kier alpha value is -5.44. The van der Waals surface area contributed by atoms with Crippen molar-refractivity contribution in [2.24, 2.45) is 0 Å². The predicted molar refractivity (Wildman–Crippen MR) is 252 cm³/mol. The number of pyridine rings is 1. The number of aromatic nitrogens is 2. The number of nitrogens with zero attached hydrogens (tertiary/aromatic N) is 4. The minimum Gasteiger partial charge on any atom is -0.493 e. The van der Waals surface area contributed by atoms with Crippen LogP contribution in [-0.4, -0.2) is 9.55 Å². The molecule has 61 heavy (non-hydrogen) atoms. The van der Waals surface area contributed by atoms with Gasteiger partial charge in [-0.15, -0.1) is 23.8 Å². The van der Waals surface area contributed by atoms with E-state index >= 15 is 0 Å². The average molecular weight is 979 g/mol. The molecule has 0 spiro atoms. The van der Waals surface area contributed by atoms with Crippen LogP contribution in [-0.2, 0) is 42.7 Å². The molecule has 0 aliphatic carbocycles. The van der Waals surface area contributed by atoms with Gasteiger partial charge in [-0.05, 0) is 80.8 Å². The van der Waals surface area contributed by atoms with Crippen LogP contribution in [0, 0.1) is 18.8 Å². The van der Waals surface area contributed by atoms with E-state index in [9.17, 15) is 0 Å². The predicted octanol–water partition coefficient (Wildman–Crippen LogP) is 14.4. The molecule has 1 aliphatic rings. The number of hydrogen-bond acceptors (Lipinski definition) is 3. The van der Waals surface area contributed by atoms with Crippen molar-refractivity contribution in [1.82, 2.24) is 9.55 Å². The molecule has 5 heteroatoms. The third kappa shape index (κ3) is 7.52. The second kappa shape index (κ2) is 15.5. The normalized spacial score (nSPS) is 13.5. The van der Waals surface area contributed by atoms with E-state index in [1.165, 1.54) is 27.6 Å². The molecule has 0 atom stereocenters. The van der Waals surface area contributed by atoms with Crippen LogP contribution in [0.25, 0.3) is 27.6 Å². The van der Waals surface area contributed by atoms with Crippen LogP contribution in [0.5, 0.6) is 0 Å². The molecule has 3 heterocycles. The number of para-hydroxylation sites is 3. The minimum absolute atomic E-state index is 0. The van der Waals surface area contributed by atoms with Crippen molar-refractivity contribution < 1.29 is 21.1 Å². The van der Waals surface area contributed by atoms with Gasteiger partial charge in [-0.2, -0.15) is 47.0 Å². The molecular formula is C56H55N4Pt-3. The third-order valence-corrected chi connectivity index (χ3v) is 12.7. The van der Waals surface area contributed by atoms with Gasteiger partial charge >= 0.3 is 0 Å². The van der Waals surface area contributed by atoms with Crippen LogP contribution >= 0.6 is 0 Å². The molecule has 0 fully saturated rings. The number of fused-ring (bicyclic) bond motifs is 4. The molecule has 1 aliphatic heterocycles. The summed E-state index contributed by atoms with van der Waals surface area (Å²) in [4.78, 5) is 9.63. The summed E-state index contributed by atoms with van der Waals surface area (Å²) >= 11 is 0. The van der Waals surface area contributed by atoms with Gasteiger partial charge in [-0.25, -0.2) is 4.98 Å². The average Bonchev–Trinajstić information content (AvgIpc) is 3.79. The van der Waals surface area contributed by atoms with Gasteiger partial charge in [-0.1, -0.05) is 148 Å². The van der Waals surface area contributed by atoms with Crippen molar-refractivity contribution in [3.8, 4) is 5.82 Å². The Labute approximate surface area is 377 Å². The maximum atomic E-state index is 5.02. The van der Waals surface area contributed by atoms with Gasteiger partial charge in [0.05, 0.1) is 0 Å². The fourth-order valence-electron chi connectivity index (χ4n) is 8.68. The SMILES string of the molecule is CC(C)(C)c1ccc(N2[CH-]N(c3[c-]c(C(C)(C)c4[c-]c5c(cc4)c4ccccc4n5-c4cc(C(C)(C)c5ccccc5)ccn4)cc(C(C)(C)C)c3)c3ccccc32)cc1.[Pt]. The molecule has 0 radical (unpaired) electrons. The minimum atomic E-state index is -0.447. The van der Waals surface area contributed by atoms with Crippen LogP contribution in [0.1, 0.15) is 103 Å². The third-order valence-electron chi connectivity index (χ3n) is 12.7. The van der Waals surface area contributed by atoms with Crippen LogP contribution in [0.2, 0.25) is 0 Å².